The minimum Gasteiger partial charge on any atom is -0.307 e. The van der Waals surface area contributed by atoms with Gasteiger partial charge in [-0.3, -0.25) is 0 Å². The monoisotopic (exact) mass is 229 g/mol. The Morgan fingerprint density at radius 1 is 1.29 bits per heavy atom. The Bertz CT molecular complexity index is 418. The lowest BCUT2D eigenvalue weighted by atomic mass is 9.93. The summed E-state index contributed by atoms with van der Waals surface area (Å²) in [4.78, 5) is 0. The normalized spacial score (nSPS) is 17.0. The van der Waals surface area contributed by atoms with Crippen molar-refractivity contribution in [2.45, 2.75) is 46.1 Å². The van der Waals surface area contributed by atoms with Crippen molar-refractivity contribution in [3.05, 3.63) is 46.5 Å². The van der Waals surface area contributed by atoms with Crippen molar-refractivity contribution in [1.29, 1.82) is 0 Å². The fraction of sp³-hybridized carbons (Fsp3) is 0.500. The van der Waals surface area contributed by atoms with Crippen molar-refractivity contribution in [2.24, 2.45) is 0 Å². The molecule has 0 fully saturated rings. The van der Waals surface area contributed by atoms with E-state index in [0.717, 1.165) is 6.54 Å². The summed E-state index contributed by atoms with van der Waals surface area (Å²) in [7, 11) is 0. The average Bonchev–Trinajstić information content (AvgIpc) is 2.83. The van der Waals surface area contributed by atoms with Crippen molar-refractivity contribution in [3.63, 3.8) is 0 Å². The molecule has 1 aliphatic rings. The van der Waals surface area contributed by atoms with Gasteiger partial charge in [0.2, 0.25) is 0 Å². The Balaban J connectivity index is 2.34. The maximum Gasteiger partial charge on any atom is 0.0538 e. The molecule has 1 aromatic rings. The van der Waals surface area contributed by atoms with Gasteiger partial charge in [-0.15, -0.1) is 0 Å². The molecule has 1 aliphatic carbocycles. The molecule has 0 aliphatic heterocycles. The summed E-state index contributed by atoms with van der Waals surface area (Å²) >= 11 is 0. The fourth-order valence-electron chi connectivity index (χ4n) is 2.67. The number of allylic oxidation sites excluding steroid dienone is 1. The fourth-order valence-corrected chi connectivity index (χ4v) is 2.67. The van der Waals surface area contributed by atoms with Crippen molar-refractivity contribution in [3.8, 4) is 0 Å². The molecule has 0 spiro atoms. The minimum atomic E-state index is 0.433. The number of rotatable bonds is 4. The van der Waals surface area contributed by atoms with E-state index in [-0.39, 0.29) is 0 Å². The Morgan fingerprint density at radius 3 is 2.76 bits per heavy atom. The second-order valence-electron chi connectivity index (χ2n) is 5.02. The zero-order chi connectivity index (χ0) is 12.3. The van der Waals surface area contributed by atoms with Gasteiger partial charge in [-0.25, -0.2) is 0 Å². The van der Waals surface area contributed by atoms with E-state index in [1.807, 2.05) is 0 Å². The van der Waals surface area contributed by atoms with Gasteiger partial charge in [0.05, 0.1) is 6.04 Å². The number of hydrogen-bond donors (Lipinski definition) is 1. The lowest BCUT2D eigenvalue weighted by molar-refractivity contribution is 0.602. The van der Waals surface area contributed by atoms with Gasteiger partial charge in [0.25, 0.3) is 0 Å². The van der Waals surface area contributed by atoms with Crippen LogP contribution in [0.1, 0.15) is 48.9 Å². The lowest BCUT2D eigenvalue weighted by Crippen LogP contribution is -2.23. The molecule has 92 valence electrons. The molecular weight excluding hydrogens is 206 g/mol. The van der Waals surface area contributed by atoms with Crippen molar-refractivity contribution in [1.82, 2.24) is 5.32 Å². The van der Waals surface area contributed by atoms with E-state index in [9.17, 15) is 0 Å². The zero-order valence-corrected chi connectivity index (χ0v) is 11.2. The zero-order valence-electron chi connectivity index (χ0n) is 11.2. The molecule has 1 nitrogen and oxygen atoms in total. The van der Waals surface area contributed by atoms with Crippen LogP contribution in [0.15, 0.2) is 29.8 Å². The third-order valence-corrected chi connectivity index (χ3v) is 3.60. The number of hydrogen-bond acceptors (Lipinski definition) is 1. The first-order valence-electron chi connectivity index (χ1n) is 6.72. The summed E-state index contributed by atoms with van der Waals surface area (Å²) in [5.74, 6) is 0. The molecule has 0 bridgehead atoms. The Labute approximate surface area is 105 Å². The van der Waals surface area contributed by atoms with E-state index >= 15 is 0 Å². The quantitative estimate of drug-likeness (QED) is 0.768. The third-order valence-electron chi connectivity index (χ3n) is 3.60. The van der Waals surface area contributed by atoms with E-state index in [1.165, 1.54) is 36.0 Å². The van der Waals surface area contributed by atoms with E-state index in [4.69, 9.17) is 0 Å². The van der Waals surface area contributed by atoms with Crippen molar-refractivity contribution < 1.29 is 0 Å². The first-order valence-corrected chi connectivity index (χ1v) is 6.72. The SMILES string of the molecule is CCNC(C1=CCCC1)c1cc(C)ccc1C. The molecule has 0 aromatic heterocycles. The van der Waals surface area contributed by atoms with Crippen LogP contribution in [-0.4, -0.2) is 6.54 Å². The van der Waals surface area contributed by atoms with Gasteiger partial charge in [0.1, 0.15) is 0 Å². The summed E-state index contributed by atoms with van der Waals surface area (Å²) in [5.41, 5.74) is 5.79. The van der Waals surface area contributed by atoms with Gasteiger partial charge in [0.15, 0.2) is 0 Å². The summed E-state index contributed by atoms with van der Waals surface area (Å²) < 4.78 is 0. The number of aryl methyl sites for hydroxylation is 2. The molecular formula is C16H23N. The van der Waals surface area contributed by atoms with Crippen LogP contribution in [0.3, 0.4) is 0 Å². The van der Waals surface area contributed by atoms with E-state index in [2.05, 4.69) is 50.4 Å². The highest BCUT2D eigenvalue weighted by atomic mass is 14.9. The molecule has 0 saturated heterocycles. The second-order valence-corrected chi connectivity index (χ2v) is 5.02. The molecule has 1 atom stereocenters. The maximum atomic E-state index is 3.64. The molecule has 0 radical (unpaired) electrons. The number of likely N-dealkylation sites (N-methyl/N-ethyl adjacent to an activating group) is 1. The van der Waals surface area contributed by atoms with Gasteiger partial charge in [0, 0.05) is 0 Å². The molecule has 0 amide bonds. The molecule has 1 N–H and O–H groups in total. The predicted octanol–water partition coefficient (Wildman–Crippen LogP) is 4.06. The first-order chi connectivity index (χ1) is 8.22. The van der Waals surface area contributed by atoms with Crippen LogP contribution in [0.2, 0.25) is 0 Å². The van der Waals surface area contributed by atoms with Crippen LogP contribution in [-0.2, 0) is 0 Å². The molecule has 1 unspecified atom stereocenters. The molecule has 1 heteroatoms. The molecule has 1 aromatic carbocycles. The van der Waals surface area contributed by atoms with E-state index in [0.29, 0.717) is 6.04 Å². The Kier molecular flexibility index (Phi) is 4.01. The topological polar surface area (TPSA) is 12.0 Å². The van der Waals surface area contributed by atoms with Crippen molar-refractivity contribution >= 4 is 0 Å². The van der Waals surface area contributed by atoms with Gasteiger partial charge in [-0.2, -0.15) is 0 Å². The van der Waals surface area contributed by atoms with Gasteiger partial charge in [-0.05, 0) is 50.8 Å². The van der Waals surface area contributed by atoms with Gasteiger partial charge >= 0.3 is 0 Å². The standard InChI is InChI=1S/C16H23N/c1-4-17-16(14-7-5-6-8-14)15-11-12(2)9-10-13(15)3/h7,9-11,16-17H,4-6,8H2,1-3H3. The summed E-state index contributed by atoms with van der Waals surface area (Å²) in [6.07, 6.45) is 6.25. The Morgan fingerprint density at radius 2 is 2.12 bits per heavy atom. The summed E-state index contributed by atoms with van der Waals surface area (Å²) in [5, 5.41) is 3.64. The van der Waals surface area contributed by atoms with Crippen LogP contribution >= 0.6 is 0 Å². The van der Waals surface area contributed by atoms with Crippen LogP contribution < -0.4 is 5.32 Å². The van der Waals surface area contributed by atoms with Crippen LogP contribution in [0.5, 0.6) is 0 Å². The maximum absolute atomic E-state index is 3.64. The van der Waals surface area contributed by atoms with Crippen LogP contribution in [0.25, 0.3) is 0 Å². The van der Waals surface area contributed by atoms with E-state index < -0.39 is 0 Å². The Hall–Kier alpha value is -1.08. The number of nitrogens with one attached hydrogen (secondary N) is 1. The van der Waals surface area contributed by atoms with Gasteiger partial charge in [-0.1, -0.05) is 42.3 Å². The van der Waals surface area contributed by atoms with Crippen molar-refractivity contribution in [2.75, 3.05) is 6.54 Å². The minimum absolute atomic E-state index is 0.433. The van der Waals surface area contributed by atoms with E-state index in [1.54, 1.807) is 5.57 Å². The third kappa shape index (κ3) is 2.78. The van der Waals surface area contributed by atoms with Crippen LogP contribution in [0, 0.1) is 13.8 Å². The van der Waals surface area contributed by atoms with Gasteiger partial charge < -0.3 is 5.32 Å². The largest absolute Gasteiger partial charge is 0.307 e. The summed E-state index contributed by atoms with van der Waals surface area (Å²) in [6, 6.07) is 7.21. The molecule has 17 heavy (non-hydrogen) atoms. The predicted molar refractivity (Wildman–Crippen MR) is 74.3 cm³/mol. The molecule has 0 saturated carbocycles. The molecule has 0 heterocycles. The average molecular weight is 229 g/mol. The lowest BCUT2D eigenvalue weighted by Gasteiger charge is -2.22. The first kappa shape index (κ1) is 12.4. The summed E-state index contributed by atoms with van der Waals surface area (Å²) in [6.45, 7) is 7.60. The highest BCUT2D eigenvalue weighted by Crippen LogP contribution is 2.32. The highest BCUT2D eigenvalue weighted by Gasteiger charge is 2.19. The smallest absolute Gasteiger partial charge is 0.0538 e. The highest BCUT2D eigenvalue weighted by molar-refractivity contribution is 5.38. The van der Waals surface area contributed by atoms with Crippen LogP contribution in [0.4, 0.5) is 0 Å². The molecule has 2 rings (SSSR count). The number of benzene rings is 1. The second kappa shape index (κ2) is 5.50.